The topological polar surface area (TPSA) is 92.5 Å². The number of aromatic nitrogens is 1. The van der Waals surface area contributed by atoms with E-state index in [4.69, 9.17) is 4.42 Å². The highest BCUT2D eigenvalue weighted by Gasteiger charge is 2.33. The van der Waals surface area contributed by atoms with Crippen molar-refractivity contribution in [2.45, 2.75) is 24.7 Å². The molecule has 1 saturated heterocycles. The van der Waals surface area contributed by atoms with Gasteiger partial charge in [-0.25, -0.2) is 13.4 Å². The molecule has 1 atom stereocenters. The molecule has 2 aromatic heterocycles. The van der Waals surface area contributed by atoms with Crippen LogP contribution in [0.4, 0.5) is 5.13 Å². The van der Waals surface area contributed by atoms with Crippen LogP contribution in [0.3, 0.4) is 0 Å². The lowest BCUT2D eigenvalue weighted by atomic mass is 9.99. The zero-order valence-corrected chi connectivity index (χ0v) is 19.7. The molecule has 0 saturated carbocycles. The summed E-state index contributed by atoms with van der Waals surface area (Å²) in [6, 6.07) is 16.4. The monoisotopic (exact) mass is 481 g/mol. The van der Waals surface area contributed by atoms with Crippen molar-refractivity contribution in [2.24, 2.45) is 5.92 Å². The highest BCUT2D eigenvalue weighted by molar-refractivity contribution is 7.89. The van der Waals surface area contributed by atoms with Gasteiger partial charge < -0.3 is 9.73 Å². The number of fused-ring (bicyclic) bond motifs is 1. The third-order valence-electron chi connectivity index (χ3n) is 5.83. The summed E-state index contributed by atoms with van der Waals surface area (Å²) in [6.45, 7) is 2.48. The van der Waals surface area contributed by atoms with Gasteiger partial charge in [-0.05, 0) is 44.0 Å². The average molecular weight is 482 g/mol. The Balaban J connectivity index is 1.27. The summed E-state index contributed by atoms with van der Waals surface area (Å²) in [7, 11) is -3.63. The fraction of sp³-hybridized carbons (Fsp3) is 0.250. The van der Waals surface area contributed by atoms with Crippen molar-refractivity contribution in [2.75, 3.05) is 18.4 Å². The molecule has 1 amide bonds. The second-order valence-corrected chi connectivity index (χ2v) is 11.0. The normalized spacial score (nSPS) is 17.3. The first-order chi connectivity index (χ1) is 15.9. The van der Waals surface area contributed by atoms with Gasteiger partial charge in [-0.1, -0.05) is 35.9 Å². The van der Waals surface area contributed by atoms with Crippen LogP contribution in [0.5, 0.6) is 0 Å². The minimum atomic E-state index is -3.63. The quantitative estimate of drug-likeness (QED) is 0.437. The summed E-state index contributed by atoms with van der Waals surface area (Å²) in [4.78, 5) is 17.7. The first-order valence-electron chi connectivity index (χ1n) is 10.7. The molecule has 2 aromatic carbocycles. The van der Waals surface area contributed by atoms with E-state index in [9.17, 15) is 13.2 Å². The molecule has 170 valence electrons. The van der Waals surface area contributed by atoms with Crippen LogP contribution in [0, 0.1) is 12.8 Å². The maximum atomic E-state index is 13.0. The van der Waals surface area contributed by atoms with E-state index in [0.717, 1.165) is 16.5 Å². The maximum Gasteiger partial charge on any atom is 0.243 e. The van der Waals surface area contributed by atoms with Gasteiger partial charge >= 0.3 is 0 Å². The van der Waals surface area contributed by atoms with E-state index < -0.39 is 15.9 Å². The Morgan fingerprint density at radius 3 is 2.76 bits per heavy atom. The molecular weight excluding hydrogens is 458 g/mol. The Hall–Kier alpha value is -3.01. The van der Waals surface area contributed by atoms with Crippen molar-refractivity contribution in [1.29, 1.82) is 0 Å². The Morgan fingerprint density at radius 1 is 1.18 bits per heavy atom. The Morgan fingerprint density at radius 2 is 1.97 bits per heavy atom. The second-order valence-electron chi connectivity index (χ2n) is 8.19. The Kier molecular flexibility index (Phi) is 5.77. The van der Waals surface area contributed by atoms with Gasteiger partial charge in [0.05, 0.1) is 10.8 Å². The number of para-hydroxylation sites is 1. The molecule has 7 nitrogen and oxygen atoms in total. The number of hydrogen-bond acceptors (Lipinski definition) is 6. The molecule has 5 rings (SSSR count). The zero-order valence-electron chi connectivity index (χ0n) is 18.0. The Bertz CT molecular complexity index is 1370. The van der Waals surface area contributed by atoms with E-state index in [1.54, 1.807) is 24.3 Å². The largest absolute Gasteiger partial charge is 0.454 e. The number of sulfonamides is 1. The lowest BCUT2D eigenvalue weighted by molar-refractivity contribution is -0.120. The first kappa shape index (κ1) is 21.8. The molecule has 33 heavy (non-hydrogen) atoms. The van der Waals surface area contributed by atoms with Crippen molar-refractivity contribution < 1.29 is 17.6 Å². The number of nitrogens with zero attached hydrogens (tertiary/aromatic N) is 2. The molecule has 1 unspecified atom stereocenters. The Labute approximate surface area is 196 Å². The SMILES string of the molecule is Cc1ccc(S(=O)(=O)N2CCCC(C(=O)Nc3nc(-c4cc5ccccc5o4)cs3)C2)cc1. The number of carbonyl (C=O) groups excluding carboxylic acids is 1. The molecule has 0 aliphatic carbocycles. The predicted molar refractivity (Wildman–Crippen MR) is 129 cm³/mol. The van der Waals surface area contributed by atoms with E-state index >= 15 is 0 Å². The molecule has 0 bridgehead atoms. The highest BCUT2D eigenvalue weighted by atomic mass is 32.2. The third-order valence-corrected chi connectivity index (χ3v) is 8.46. The number of aryl methyl sites for hydroxylation is 1. The van der Waals surface area contributed by atoms with Crippen molar-refractivity contribution in [3.05, 3.63) is 65.5 Å². The molecule has 1 fully saturated rings. The number of carbonyl (C=O) groups is 1. The number of thiazole rings is 1. The first-order valence-corrected chi connectivity index (χ1v) is 13.0. The number of hydrogen-bond donors (Lipinski definition) is 1. The molecule has 9 heteroatoms. The summed E-state index contributed by atoms with van der Waals surface area (Å²) in [5.74, 6) is -0.0113. The van der Waals surface area contributed by atoms with Gasteiger partial charge in [0.25, 0.3) is 0 Å². The van der Waals surface area contributed by atoms with Gasteiger partial charge in [0.15, 0.2) is 10.9 Å². The minimum Gasteiger partial charge on any atom is -0.454 e. The summed E-state index contributed by atoms with van der Waals surface area (Å²) >= 11 is 1.32. The van der Waals surface area contributed by atoms with Gasteiger partial charge in [-0.2, -0.15) is 4.31 Å². The summed E-state index contributed by atoms with van der Waals surface area (Å²) < 4.78 is 33.3. The number of piperidine rings is 1. The number of rotatable bonds is 5. The van der Waals surface area contributed by atoms with Gasteiger partial charge in [0, 0.05) is 23.9 Å². The standard InChI is InChI=1S/C24H23N3O4S2/c1-16-8-10-19(11-9-16)33(29,30)27-12-4-6-18(14-27)23(28)26-24-25-20(15-32-24)22-13-17-5-2-3-7-21(17)31-22/h2-3,5,7-11,13,15,18H,4,6,12,14H2,1H3,(H,25,26,28). The van der Waals surface area contributed by atoms with Crippen molar-refractivity contribution in [3.63, 3.8) is 0 Å². The van der Waals surface area contributed by atoms with E-state index in [-0.39, 0.29) is 17.3 Å². The van der Waals surface area contributed by atoms with Crippen molar-refractivity contribution in [3.8, 4) is 11.5 Å². The molecule has 0 radical (unpaired) electrons. The summed E-state index contributed by atoms with van der Waals surface area (Å²) in [6.07, 6.45) is 1.26. The smallest absolute Gasteiger partial charge is 0.243 e. The number of amides is 1. The van der Waals surface area contributed by atoms with Crippen LogP contribution in [0.15, 0.2) is 69.3 Å². The lowest BCUT2D eigenvalue weighted by Crippen LogP contribution is -2.43. The molecule has 4 aromatic rings. The van der Waals surface area contributed by atoms with E-state index in [2.05, 4.69) is 10.3 Å². The third kappa shape index (κ3) is 4.44. The lowest BCUT2D eigenvalue weighted by Gasteiger charge is -2.31. The van der Waals surface area contributed by atoms with Gasteiger partial charge in [-0.15, -0.1) is 11.3 Å². The molecule has 1 aliphatic heterocycles. The maximum absolute atomic E-state index is 13.0. The van der Waals surface area contributed by atoms with Crippen LogP contribution in [0.2, 0.25) is 0 Å². The van der Waals surface area contributed by atoms with Crippen LogP contribution in [-0.2, 0) is 14.8 Å². The fourth-order valence-corrected chi connectivity index (χ4v) is 6.22. The summed E-state index contributed by atoms with van der Waals surface area (Å²) in [5, 5.41) is 6.15. The van der Waals surface area contributed by atoms with E-state index in [0.29, 0.717) is 36.0 Å². The van der Waals surface area contributed by atoms with Gasteiger partial charge in [0.2, 0.25) is 15.9 Å². The molecule has 3 heterocycles. The molecule has 1 aliphatic rings. The van der Waals surface area contributed by atoms with Crippen LogP contribution in [0.1, 0.15) is 18.4 Å². The van der Waals surface area contributed by atoms with E-state index in [1.807, 2.05) is 42.6 Å². The van der Waals surface area contributed by atoms with Gasteiger partial charge in [-0.3, -0.25) is 4.79 Å². The van der Waals surface area contributed by atoms with Crippen LogP contribution < -0.4 is 5.32 Å². The number of benzene rings is 2. The minimum absolute atomic E-state index is 0.157. The number of furan rings is 1. The van der Waals surface area contributed by atoms with Gasteiger partial charge in [0.1, 0.15) is 11.3 Å². The van der Waals surface area contributed by atoms with Crippen LogP contribution in [0.25, 0.3) is 22.4 Å². The number of nitrogens with one attached hydrogen (secondary N) is 1. The average Bonchev–Trinajstić information content (AvgIpc) is 3.46. The number of anilines is 1. The fourth-order valence-electron chi connectivity index (χ4n) is 3.99. The van der Waals surface area contributed by atoms with Crippen molar-refractivity contribution in [1.82, 2.24) is 9.29 Å². The second kappa shape index (κ2) is 8.74. The van der Waals surface area contributed by atoms with Crippen LogP contribution >= 0.6 is 11.3 Å². The predicted octanol–water partition coefficient (Wildman–Crippen LogP) is 4.90. The summed E-state index contributed by atoms with van der Waals surface area (Å²) in [5.41, 5.74) is 2.43. The molecule has 1 N–H and O–H groups in total. The van der Waals surface area contributed by atoms with Crippen LogP contribution in [-0.4, -0.2) is 36.7 Å². The highest BCUT2D eigenvalue weighted by Crippen LogP contribution is 2.31. The zero-order chi connectivity index (χ0) is 23.0. The molecule has 0 spiro atoms. The van der Waals surface area contributed by atoms with Crippen molar-refractivity contribution >= 4 is 43.4 Å². The van der Waals surface area contributed by atoms with E-state index in [1.165, 1.54) is 15.6 Å². The molecular formula is C24H23N3O4S2.